The van der Waals surface area contributed by atoms with Gasteiger partial charge in [-0.2, -0.15) is 0 Å². The van der Waals surface area contributed by atoms with Gasteiger partial charge in [0.05, 0.1) is 11.2 Å². The predicted molar refractivity (Wildman–Crippen MR) is 86.3 cm³/mol. The SMILES string of the molecule is CC(Cl)=C(C)c1ccc(B2OC(C)(C)C(C)(C)O2)cc1. The molecule has 20 heavy (non-hydrogen) atoms. The van der Waals surface area contributed by atoms with E-state index in [2.05, 4.69) is 39.8 Å². The van der Waals surface area contributed by atoms with Gasteiger partial charge in [0.25, 0.3) is 0 Å². The van der Waals surface area contributed by atoms with E-state index >= 15 is 0 Å². The first kappa shape index (κ1) is 15.6. The van der Waals surface area contributed by atoms with Gasteiger partial charge in [0.15, 0.2) is 0 Å². The molecule has 4 heteroatoms. The Morgan fingerprint density at radius 2 is 1.40 bits per heavy atom. The molecular formula is C16H22BClO2. The van der Waals surface area contributed by atoms with E-state index in [1.165, 1.54) is 0 Å². The summed E-state index contributed by atoms with van der Waals surface area (Å²) in [5, 5.41) is 0.813. The highest BCUT2D eigenvalue weighted by molar-refractivity contribution is 6.62. The third-order valence-electron chi connectivity index (χ3n) is 4.39. The molecule has 1 aliphatic heterocycles. The molecule has 0 unspecified atom stereocenters. The molecule has 0 aromatic heterocycles. The fraction of sp³-hybridized carbons (Fsp3) is 0.500. The maximum atomic E-state index is 6.04. The monoisotopic (exact) mass is 292 g/mol. The molecule has 1 aromatic carbocycles. The molecule has 0 spiro atoms. The van der Waals surface area contributed by atoms with Crippen molar-refractivity contribution in [2.75, 3.05) is 0 Å². The van der Waals surface area contributed by atoms with Crippen LogP contribution < -0.4 is 5.46 Å². The zero-order chi connectivity index (χ0) is 15.1. The van der Waals surface area contributed by atoms with Gasteiger partial charge in [-0.05, 0) is 58.1 Å². The van der Waals surface area contributed by atoms with Crippen molar-refractivity contribution >= 4 is 29.8 Å². The average Bonchev–Trinajstić information content (AvgIpc) is 2.57. The summed E-state index contributed by atoms with van der Waals surface area (Å²) in [5.41, 5.74) is 2.63. The van der Waals surface area contributed by atoms with Crippen LogP contribution in [-0.2, 0) is 9.31 Å². The minimum absolute atomic E-state index is 0.307. The van der Waals surface area contributed by atoms with Crippen molar-refractivity contribution in [2.24, 2.45) is 0 Å². The summed E-state index contributed by atoms with van der Waals surface area (Å²) in [6.45, 7) is 12.2. The second-order valence-corrected chi connectivity index (χ2v) is 6.94. The molecular weight excluding hydrogens is 270 g/mol. The third-order valence-corrected chi connectivity index (χ3v) is 4.67. The Morgan fingerprint density at radius 3 is 1.80 bits per heavy atom. The van der Waals surface area contributed by atoms with Crippen molar-refractivity contribution in [1.29, 1.82) is 0 Å². The molecule has 0 saturated carbocycles. The van der Waals surface area contributed by atoms with Crippen LogP contribution in [0.25, 0.3) is 5.57 Å². The Bertz CT molecular complexity index is 512. The Kier molecular flexibility index (Phi) is 4.07. The molecule has 0 radical (unpaired) electrons. The molecule has 1 aromatic rings. The minimum Gasteiger partial charge on any atom is -0.399 e. The normalized spacial score (nSPS) is 21.9. The maximum Gasteiger partial charge on any atom is 0.494 e. The lowest BCUT2D eigenvalue weighted by molar-refractivity contribution is 0.00578. The zero-order valence-corrected chi connectivity index (χ0v) is 13.8. The fourth-order valence-corrected chi connectivity index (χ4v) is 2.18. The first-order chi connectivity index (χ1) is 9.14. The molecule has 0 bridgehead atoms. The van der Waals surface area contributed by atoms with Crippen molar-refractivity contribution in [3.05, 3.63) is 34.9 Å². The van der Waals surface area contributed by atoms with Crippen LogP contribution >= 0.6 is 11.6 Å². The highest BCUT2D eigenvalue weighted by atomic mass is 35.5. The molecule has 1 saturated heterocycles. The fourth-order valence-electron chi connectivity index (χ4n) is 2.07. The van der Waals surface area contributed by atoms with E-state index < -0.39 is 0 Å². The Morgan fingerprint density at radius 1 is 0.950 bits per heavy atom. The third kappa shape index (κ3) is 2.81. The molecule has 0 amide bonds. The largest absolute Gasteiger partial charge is 0.494 e. The average molecular weight is 293 g/mol. The number of halogens is 1. The summed E-state index contributed by atoms with van der Waals surface area (Å²) in [4.78, 5) is 0. The van der Waals surface area contributed by atoms with Crippen LogP contribution in [0.1, 0.15) is 47.1 Å². The maximum absolute atomic E-state index is 6.04. The summed E-state index contributed by atoms with van der Waals surface area (Å²) in [6, 6.07) is 8.20. The lowest BCUT2D eigenvalue weighted by Crippen LogP contribution is -2.41. The van der Waals surface area contributed by atoms with Crippen LogP contribution in [0.5, 0.6) is 0 Å². The van der Waals surface area contributed by atoms with Crippen LogP contribution in [0.3, 0.4) is 0 Å². The molecule has 108 valence electrons. The quantitative estimate of drug-likeness (QED) is 0.768. The topological polar surface area (TPSA) is 18.5 Å². The highest BCUT2D eigenvalue weighted by Gasteiger charge is 2.51. The second kappa shape index (κ2) is 5.21. The van der Waals surface area contributed by atoms with Gasteiger partial charge >= 0.3 is 7.12 Å². The summed E-state index contributed by atoms with van der Waals surface area (Å²) < 4.78 is 12.1. The van der Waals surface area contributed by atoms with Crippen molar-refractivity contribution < 1.29 is 9.31 Å². The van der Waals surface area contributed by atoms with Crippen molar-refractivity contribution in [3.8, 4) is 0 Å². The number of benzene rings is 1. The standard InChI is InChI=1S/C16H22BClO2/c1-11(12(2)18)13-7-9-14(10-8-13)17-19-15(3,4)16(5,6)20-17/h7-10H,1-6H3. The first-order valence-corrected chi connectivity index (χ1v) is 7.31. The van der Waals surface area contributed by atoms with Crippen LogP contribution in [0.2, 0.25) is 0 Å². The van der Waals surface area contributed by atoms with Gasteiger partial charge in [-0.15, -0.1) is 0 Å². The van der Waals surface area contributed by atoms with E-state index in [0.29, 0.717) is 0 Å². The second-order valence-electron chi connectivity index (χ2n) is 6.37. The van der Waals surface area contributed by atoms with Gasteiger partial charge in [0, 0.05) is 5.03 Å². The molecule has 1 fully saturated rings. The van der Waals surface area contributed by atoms with Gasteiger partial charge < -0.3 is 9.31 Å². The van der Waals surface area contributed by atoms with E-state index in [4.69, 9.17) is 20.9 Å². The lowest BCUT2D eigenvalue weighted by Gasteiger charge is -2.32. The van der Waals surface area contributed by atoms with E-state index in [9.17, 15) is 0 Å². The van der Waals surface area contributed by atoms with Crippen molar-refractivity contribution in [3.63, 3.8) is 0 Å². The lowest BCUT2D eigenvalue weighted by atomic mass is 9.78. The van der Waals surface area contributed by atoms with Crippen LogP contribution in [-0.4, -0.2) is 18.3 Å². The number of hydrogen-bond acceptors (Lipinski definition) is 2. The minimum atomic E-state index is -0.310. The van der Waals surface area contributed by atoms with Crippen LogP contribution in [0, 0.1) is 0 Å². The van der Waals surface area contributed by atoms with Crippen molar-refractivity contribution in [2.45, 2.75) is 52.7 Å². The van der Waals surface area contributed by atoms with Crippen LogP contribution in [0.15, 0.2) is 29.3 Å². The smallest absolute Gasteiger partial charge is 0.399 e. The summed E-state index contributed by atoms with van der Waals surface area (Å²) in [7, 11) is -0.310. The summed E-state index contributed by atoms with van der Waals surface area (Å²) in [5.74, 6) is 0. The number of rotatable bonds is 2. The summed E-state index contributed by atoms with van der Waals surface area (Å²) in [6.07, 6.45) is 0. The van der Waals surface area contributed by atoms with E-state index in [1.807, 2.05) is 26.0 Å². The van der Waals surface area contributed by atoms with Crippen LogP contribution in [0.4, 0.5) is 0 Å². The molecule has 0 atom stereocenters. The van der Waals surface area contributed by atoms with Crippen molar-refractivity contribution in [1.82, 2.24) is 0 Å². The molecule has 0 N–H and O–H groups in total. The van der Waals surface area contributed by atoms with Gasteiger partial charge in [0.1, 0.15) is 0 Å². The molecule has 0 aliphatic carbocycles. The van der Waals surface area contributed by atoms with E-state index in [0.717, 1.165) is 21.6 Å². The zero-order valence-electron chi connectivity index (χ0n) is 13.1. The Labute approximate surface area is 127 Å². The number of allylic oxidation sites excluding steroid dienone is 2. The number of hydrogen-bond donors (Lipinski definition) is 0. The Hall–Kier alpha value is -0.765. The van der Waals surface area contributed by atoms with Gasteiger partial charge in [-0.3, -0.25) is 0 Å². The van der Waals surface area contributed by atoms with Gasteiger partial charge in [0.2, 0.25) is 0 Å². The summed E-state index contributed by atoms with van der Waals surface area (Å²) >= 11 is 6.03. The van der Waals surface area contributed by atoms with E-state index in [-0.39, 0.29) is 18.3 Å². The Balaban J connectivity index is 2.23. The molecule has 2 rings (SSSR count). The predicted octanol–water partition coefficient (Wildman–Crippen LogP) is 3.98. The molecule has 2 nitrogen and oxygen atoms in total. The highest BCUT2D eigenvalue weighted by Crippen LogP contribution is 2.36. The molecule has 1 heterocycles. The molecule has 1 aliphatic rings. The van der Waals surface area contributed by atoms with Gasteiger partial charge in [-0.25, -0.2) is 0 Å². The van der Waals surface area contributed by atoms with Gasteiger partial charge in [-0.1, -0.05) is 35.9 Å². The van der Waals surface area contributed by atoms with E-state index in [1.54, 1.807) is 0 Å². The first-order valence-electron chi connectivity index (χ1n) is 6.93.